The first-order chi connectivity index (χ1) is 7.69. The molecule has 2 nitrogen and oxygen atoms in total. The van der Waals surface area contributed by atoms with Crippen LogP contribution < -0.4 is 5.43 Å². The molecule has 2 aromatic rings. The Morgan fingerprint density at radius 1 is 1.19 bits per heavy atom. The number of H-pyrrole nitrogens is 1. The van der Waals surface area contributed by atoms with Gasteiger partial charge in [0.25, 0.3) is 0 Å². The van der Waals surface area contributed by atoms with E-state index in [0.717, 1.165) is 35.0 Å². The average molecular weight is 215 g/mol. The molecule has 2 heteroatoms. The van der Waals surface area contributed by atoms with Crippen molar-refractivity contribution < 1.29 is 0 Å². The second-order valence-electron chi connectivity index (χ2n) is 4.10. The monoisotopic (exact) mass is 215 g/mol. The Morgan fingerprint density at radius 2 is 1.94 bits per heavy atom. The number of nitrogens with one attached hydrogen (secondary N) is 1. The van der Waals surface area contributed by atoms with Crippen molar-refractivity contribution in [2.45, 2.75) is 33.6 Å². The smallest absolute Gasteiger partial charge is 0.192 e. The quantitative estimate of drug-likeness (QED) is 0.820. The van der Waals surface area contributed by atoms with Gasteiger partial charge < -0.3 is 4.98 Å². The molecule has 0 saturated heterocycles. The first kappa shape index (κ1) is 10.9. The Kier molecular flexibility index (Phi) is 2.82. The van der Waals surface area contributed by atoms with Gasteiger partial charge in [0.15, 0.2) is 5.43 Å². The number of rotatable bonds is 2. The normalized spacial score (nSPS) is 10.9. The summed E-state index contributed by atoms with van der Waals surface area (Å²) in [6.07, 6.45) is 1.73. The van der Waals surface area contributed by atoms with E-state index in [1.54, 1.807) is 0 Å². The molecule has 2 rings (SSSR count). The zero-order valence-corrected chi connectivity index (χ0v) is 10.1. The fourth-order valence-corrected chi connectivity index (χ4v) is 2.25. The Hall–Kier alpha value is -1.57. The van der Waals surface area contributed by atoms with Crippen molar-refractivity contribution in [3.63, 3.8) is 0 Å². The molecule has 0 amide bonds. The summed E-state index contributed by atoms with van der Waals surface area (Å²) in [6, 6.07) is 5.94. The fraction of sp³-hybridized carbons (Fsp3) is 0.357. The van der Waals surface area contributed by atoms with E-state index in [2.05, 4.69) is 18.0 Å². The molecule has 1 heterocycles. The Labute approximate surface area is 95.3 Å². The molecule has 0 radical (unpaired) electrons. The van der Waals surface area contributed by atoms with Gasteiger partial charge in [0.05, 0.1) is 5.52 Å². The molecular formula is C14H17NO. The van der Waals surface area contributed by atoms with Crippen LogP contribution in [0.3, 0.4) is 0 Å². The first-order valence-corrected chi connectivity index (χ1v) is 5.82. The molecule has 84 valence electrons. The van der Waals surface area contributed by atoms with Crippen LogP contribution in [0.15, 0.2) is 23.0 Å². The van der Waals surface area contributed by atoms with Crippen molar-refractivity contribution in [1.29, 1.82) is 0 Å². The highest BCUT2D eigenvalue weighted by Gasteiger charge is 2.09. The Bertz CT molecular complexity index is 581. The van der Waals surface area contributed by atoms with Crippen LogP contribution in [0.4, 0.5) is 0 Å². The topological polar surface area (TPSA) is 32.9 Å². The number of aromatic nitrogens is 1. The standard InChI is InChI=1S/C14H17NO/c1-4-10-7-6-8-12-13(10)15-9(3)11(5-2)14(12)16/h6-8H,4-5H2,1-3H3,(H,15,16). The summed E-state index contributed by atoms with van der Waals surface area (Å²) in [4.78, 5) is 15.6. The van der Waals surface area contributed by atoms with Gasteiger partial charge in [-0.05, 0) is 31.4 Å². The van der Waals surface area contributed by atoms with Crippen LogP contribution in [0.2, 0.25) is 0 Å². The number of pyridine rings is 1. The van der Waals surface area contributed by atoms with Gasteiger partial charge in [0.1, 0.15) is 0 Å². The summed E-state index contributed by atoms with van der Waals surface area (Å²) >= 11 is 0. The van der Waals surface area contributed by atoms with E-state index >= 15 is 0 Å². The summed E-state index contributed by atoms with van der Waals surface area (Å²) in [7, 11) is 0. The van der Waals surface area contributed by atoms with Crippen LogP contribution in [-0.4, -0.2) is 4.98 Å². The van der Waals surface area contributed by atoms with E-state index < -0.39 is 0 Å². The average Bonchev–Trinajstić information content (AvgIpc) is 2.29. The van der Waals surface area contributed by atoms with Crippen LogP contribution in [0.5, 0.6) is 0 Å². The zero-order valence-electron chi connectivity index (χ0n) is 10.1. The summed E-state index contributed by atoms with van der Waals surface area (Å²) in [5.41, 5.74) is 4.30. The van der Waals surface area contributed by atoms with Gasteiger partial charge in [0, 0.05) is 16.6 Å². The highest BCUT2D eigenvalue weighted by atomic mass is 16.1. The highest BCUT2D eigenvalue weighted by molar-refractivity contribution is 5.82. The van der Waals surface area contributed by atoms with Crippen LogP contribution in [-0.2, 0) is 12.8 Å². The van der Waals surface area contributed by atoms with Gasteiger partial charge in [0.2, 0.25) is 0 Å². The number of aryl methyl sites for hydroxylation is 2. The summed E-state index contributed by atoms with van der Waals surface area (Å²) in [5.74, 6) is 0. The first-order valence-electron chi connectivity index (χ1n) is 5.82. The molecule has 0 atom stereocenters. The lowest BCUT2D eigenvalue weighted by atomic mass is 10.0. The molecule has 0 spiro atoms. The molecule has 1 N–H and O–H groups in total. The van der Waals surface area contributed by atoms with E-state index in [4.69, 9.17) is 0 Å². The number of fused-ring (bicyclic) bond motifs is 1. The van der Waals surface area contributed by atoms with Crippen LogP contribution in [0, 0.1) is 6.92 Å². The minimum absolute atomic E-state index is 0.184. The van der Waals surface area contributed by atoms with Gasteiger partial charge >= 0.3 is 0 Å². The number of para-hydroxylation sites is 1. The van der Waals surface area contributed by atoms with Gasteiger partial charge in [-0.15, -0.1) is 0 Å². The number of hydrogen-bond acceptors (Lipinski definition) is 1. The predicted octanol–water partition coefficient (Wildman–Crippen LogP) is 2.96. The third kappa shape index (κ3) is 1.54. The molecule has 0 unspecified atom stereocenters. The number of aromatic amines is 1. The van der Waals surface area contributed by atoms with Crippen molar-refractivity contribution in [3.8, 4) is 0 Å². The molecule has 0 aliphatic heterocycles. The molecule has 1 aromatic carbocycles. The van der Waals surface area contributed by atoms with Gasteiger partial charge in [-0.2, -0.15) is 0 Å². The lowest BCUT2D eigenvalue weighted by molar-refractivity contribution is 1.04. The third-order valence-corrected chi connectivity index (χ3v) is 3.17. The molecule has 0 bridgehead atoms. The fourth-order valence-electron chi connectivity index (χ4n) is 2.25. The minimum atomic E-state index is 0.184. The van der Waals surface area contributed by atoms with Gasteiger partial charge in [-0.25, -0.2) is 0 Å². The predicted molar refractivity (Wildman–Crippen MR) is 68.1 cm³/mol. The lowest BCUT2D eigenvalue weighted by Gasteiger charge is -2.09. The van der Waals surface area contributed by atoms with Crippen molar-refractivity contribution in [1.82, 2.24) is 4.98 Å². The molecule has 0 aliphatic rings. The third-order valence-electron chi connectivity index (χ3n) is 3.17. The maximum atomic E-state index is 12.2. The molecule has 0 saturated carbocycles. The lowest BCUT2D eigenvalue weighted by Crippen LogP contribution is -2.13. The van der Waals surface area contributed by atoms with Crippen molar-refractivity contribution >= 4 is 10.9 Å². The molecule has 16 heavy (non-hydrogen) atoms. The van der Waals surface area contributed by atoms with Crippen LogP contribution >= 0.6 is 0 Å². The molecular weight excluding hydrogens is 198 g/mol. The largest absolute Gasteiger partial charge is 0.358 e. The second kappa shape index (κ2) is 4.12. The molecule has 0 aliphatic carbocycles. The molecule has 1 aromatic heterocycles. The summed E-state index contributed by atoms with van der Waals surface area (Å²) in [6.45, 7) is 6.11. The maximum absolute atomic E-state index is 12.2. The van der Waals surface area contributed by atoms with Crippen molar-refractivity contribution in [3.05, 3.63) is 45.2 Å². The van der Waals surface area contributed by atoms with E-state index in [1.807, 2.05) is 26.0 Å². The highest BCUT2D eigenvalue weighted by Crippen LogP contribution is 2.16. The number of hydrogen-bond donors (Lipinski definition) is 1. The van der Waals surface area contributed by atoms with E-state index in [-0.39, 0.29) is 5.43 Å². The van der Waals surface area contributed by atoms with Crippen molar-refractivity contribution in [2.75, 3.05) is 0 Å². The Morgan fingerprint density at radius 3 is 2.56 bits per heavy atom. The van der Waals surface area contributed by atoms with Gasteiger partial charge in [-0.3, -0.25) is 4.79 Å². The van der Waals surface area contributed by atoms with Crippen LogP contribution in [0.1, 0.15) is 30.7 Å². The second-order valence-corrected chi connectivity index (χ2v) is 4.10. The zero-order chi connectivity index (χ0) is 11.7. The van der Waals surface area contributed by atoms with Crippen molar-refractivity contribution in [2.24, 2.45) is 0 Å². The van der Waals surface area contributed by atoms with Gasteiger partial charge in [-0.1, -0.05) is 26.0 Å². The minimum Gasteiger partial charge on any atom is -0.358 e. The number of benzene rings is 1. The van der Waals surface area contributed by atoms with E-state index in [9.17, 15) is 4.79 Å². The van der Waals surface area contributed by atoms with Crippen LogP contribution in [0.25, 0.3) is 10.9 Å². The summed E-state index contributed by atoms with van der Waals surface area (Å²) < 4.78 is 0. The molecule has 0 fully saturated rings. The summed E-state index contributed by atoms with van der Waals surface area (Å²) in [5, 5.41) is 0.821. The maximum Gasteiger partial charge on any atom is 0.192 e. The van der Waals surface area contributed by atoms with E-state index in [0.29, 0.717) is 0 Å². The SMILES string of the molecule is CCc1c(C)[nH]c2c(CC)cccc2c1=O. The Balaban J connectivity index is 2.92. The van der Waals surface area contributed by atoms with E-state index in [1.165, 1.54) is 5.56 Å².